The Morgan fingerprint density at radius 3 is 0.945 bits per heavy atom. The second kappa shape index (κ2) is 20.6. The van der Waals surface area contributed by atoms with Gasteiger partial charge in [-0.2, -0.15) is 0 Å². The van der Waals surface area contributed by atoms with Gasteiger partial charge in [-0.25, -0.2) is 0 Å². The Hall–Kier alpha value is -4.26. The molecule has 282 valence electrons. The molecule has 0 aromatic heterocycles. The van der Waals surface area contributed by atoms with E-state index in [1.807, 2.05) is 0 Å². The standard InChI is InChI=1S/C44H40P2.2C2H4O2.Ru/c1-5-19-35(20-6-1)45(36-21-7-2-8-22-36)41-31-29-33-17-13-15-27-39(33)43(41)44-40-28-16-14-18-34(40)30-32-42(44)46(37-23-9-3-10-24-37)38-25-11-4-12-26-38;2*1-2(3)4;/h1-12,19-26,29-32H,13-18,27-28H2;2*1H3,(H,3,4);/p+2. The molecule has 6 aromatic carbocycles. The molecule has 55 heavy (non-hydrogen) atoms. The summed E-state index contributed by atoms with van der Waals surface area (Å²) < 4.78 is 0. The molecular weight excluding hydrogens is 804 g/mol. The van der Waals surface area contributed by atoms with E-state index in [1.54, 1.807) is 44.0 Å². The Kier molecular flexibility index (Phi) is 15.7. The predicted molar refractivity (Wildman–Crippen MR) is 232 cm³/mol. The minimum Gasteiger partial charge on any atom is -0.481 e. The van der Waals surface area contributed by atoms with E-state index in [9.17, 15) is 0 Å². The van der Waals surface area contributed by atoms with Crippen LogP contribution < -0.4 is 31.8 Å². The number of fused-ring (bicyclic) bond motifs is 2. The molecule has 2 N–H and O–H groups in total. The van der Waals surface area contributed by atoms with E-state index in [-0.39, 0.29) is 19.5 Å². The van der Waals surface area contributed by atoms with Crippen LogP contribution in [-0.4, -0.2) is 22.2 Å². The molecule has 0 unspecified atom stereocenters. The van der Waals surface area contributed by atoms with Crippen LogP contribution in [0.5, 0.6) is 0 Å². The van der Waals surface area contributed by atoms with Gasteiger partial charge in [-0.15, -0.1) is 0 Å². The van der Waals surface area contributed by atoms with E-state index >= 15 is 0 Å². The first-order chi connectivity index (χ1) is 26.3. The van der Waals surface area contributed by atoms with Gasteiger partial charge >= 0.3 is 0 Å². The van der Waals surface area contributed by atoms with Crippen LogP contribution in [0.1, 0.15) is 61.8 Å². The third kappa shape index (κ3) is 10.5. The zero-order chi connectivity index (χ0) is 37.9. The van der Waals surface area contributed by atoms with Crippen LogP contribution in [-0.2, 0) is 54.8 Å². The van der Waals surface area contributed by atoms with Crippen molar-refractivity contribution in [3.05, 3.63) is 168 Å². The number of carboxylic acid groups (broad SMARTS) is 2. The van der Waals surface area contributed by atoms with Crippen LogP contribution in [0.4, 0.5) is 0 Å². The van der Waals surface area contributed by atoms with Gasteiger partial charge in [-0.3, -0.25) is 9.59 Å². The number of hydrogen-bond donors (Lipinski definition) is 2. The summed E-state index contributed by atoms with van der Waals surface area (Å²) in [6.45, 7) is 2.17. The van der Waals surface area contributed by atoms with Gasteiger partial charge in [-0.1, -0.05) is 84.9 Å². The van der Waals surface area contributed by atoms with Crippen LogP contribution >= 0.6 is 15.8 Å². The normalized spacial score (nSPS) is 12.8. The van der Waals surface area contributed by atoms with Crippen molar-refractivity contribution < 1.29 is 39.3 Å². The first-order valence-corrected chi connectivity index (χ1v) is 22.0. The van der Waals surface area contributed by atoms with Crippen molar-refractivity contribution in [1.29, 1.82) is 0 Å². The topological polar surface area (TPSA) is 74.6 Å². The maximum absolute atomic E-state index is 9.00. The van der Waals surface area contributed by atoms with Gasteiger partial charge in [0, 0.05) is 44.5 Å². The minimum absolute atomic E-state index is 0. The van der Waals surface area contributed by atoms with E-state index in [4.69, 9.17) is 19.8 Å². The van der Waals surface area contributed by atoms with Gasteiger partial charge in [-0.05, 0) is 134 Å². The predicted octanol–water partition coefficient (Wildman–Crippen LogP) is 8.27. The largest absolute Gasteiger partial charge is 0.481 e. The molecule has 0 fully saturated rings. The Morgan fingerprint density at radius 2 is 0.673 bits per heavy atom. The van der Waals surface area contributed by atoms with Crippen molar-refractivity contribution in [2.75, 3.05) is 0 Å². The zero-order valence-corrected chi connectivity index (χ0v) is 35.3. The number of rotatable bonds is 7. The summed E-state index contributed by atoms with van der Waals surface area (Å²) >= 11 is 0. The molecule has 2 aliphatic rings. The molecule has 6 aromatic rings. The quantitative estimate of drug-likeness (QED) is 0.125. The molecule has 0 spiro atoms. The molecule has 0 saturated carbocycles. The average Bonchev–Trinajstić information content (AvgIpc) is 3.19. The maximum atomic E-state index is 9.00. The smallest absolute Gasteiger partial charge is 0.300 e. The van der Waals surface area contributed by atoms with Gasteiger partial charge in [0.15, 0.2) is 0 Å². The fourth-order valence-electron chi connectivity index (χ4n) is 8.02. The maximum Gasteiger partial charge on any atom is 0.300 e. The Balaban J connectivity index is 0.000000591. The zero-order valence-electron chi connectivity index (χ0n) is 31.6. The number of carbonyl (C=O) groups is 2. The van der Waals surface area contributed by atoms with Gasteiger partial charge in [0.05, 0.1) is 15.8 Å². The summed E-state index contributed by atoms with van der Waals surface area (Å²) in [6, 6.07) is 55.8. The number of aryl methyl sites for hydroxylation is 2. The van der Waals surface area contributed by atoms with Crippen molar-refractivity contribution in [1.82, 2.24) is 0 Å². The Morgan fingerprint density at radius 1 is 0.418 bits per heavy atom. The fourth-order valence-corrected chi connectivity index (χ4v) is 13.6. The van der Waals surface area contributed by atoms with Crippen LogP contribution in [0, 0.1) is 0 Å². The van der Waals surface area contributed by atoms with Gasteiger partial charge < -0.3 is 10.2 Å². The minimum atomic E-state index is -1.27. The van der Waals surface area contributed by atoms with Crippen LogP contribution in [0.25, 0.3) is 11.1 Å². The van der Waals surface area contributed by atoms with Crippen LogP contribution in [0.3, 0.4) is 0 Å². The Labute approximate surface area is 341 Å². The van der Waals surface area contributed by atoms with Gasteiger partial charge in [0.2, 0.25) is 0 Å². The van der Waals surface area contributed by atoms with Crippen molar-refractivity contribution in [3.8, 4) is 11.1 Å². The molecule has 0 radical (unpaired) electrons. The summed E-state index contributed by atoms with van der Waals surface area (Å²) in [5.74, 6) is -1.67. The number of benzene rings is 6. The van der Waals surface area contributed by atoms with Crippen molar-refractivity contribution >= 4 is 59.6 Å². The molecule has 8 rings (SSSR count). The molecule has 0 amide bonds. The third-order valence-electron chi connectivity index (χ3n) is 10.1. The van der Waals surface area contributed by atoms with E-state index in [0.29, 0.717) is 0 Å². The molecule has 2 aliphatic carbocycles. The summed E-state index contributed by atoms with van der Waals surface area (Å²) in [5, 5.41) is 23.9. The SMILES string of the molecule is CC(=O)O.CC(=O)O.[Ru].c1ccc([PH+](c2ccccc2)c2ccc3c(c2-c2c([PH+](c4ccccc4)c4ccccc4)ccc4c2CCCC4)CCCC3)cc1. The molecule has 0 saturated heterocycles. The molecule has 4 nitrogen and oxygen atoms in total. The van der Waals surface area contributed by atoms with Crippen molar-refractivity contribution in [3.63, 3.8) is 0 Å². The first kappa shape index (κ1) is 41.9. The molecule has 0 atom stereocenters. The fraction of sp³-hybridized carbons (Fsp3) is 0.208. The number of hydrogen-bond acceptors (Lipinski definition) is 2. The van der Waals surface area contributed by atoms with Gasteiger partial charge in [0.25, 0.3) is 11.9 Å². The second-order valence-electron chi connectivity index (χ2n) is 13.9. The summed E-state index contributed by atoms with van der Waals surface area (Å²) in [6.07, 6.45) is 9.90. The van der Waals surface area contributed by atoms with Crippen molar-refractivity contribution in [2.24, 2.45) is 0 Å². The van der Waals surface area contributed by atoms with Crippen LogP contribution in [0.15, 0.2) is 146 Å². The summed E-state index contributed by atoms with van der Waals surface area (Å²) in [7, 11) is -2.54. The summed E-state index contributed by atoms with van der Waals surface area (Å²) in [5.41, 5.74) is 9.64. The van der Waals surface area contributed by atoms with Crippen molar-refractivity contribution in [2.45, 2.75) is 65.2 Å². The third-order valence-corrected chi connectivity index (χ3v) is 15.7. The molecule has 0 bridgehead atoms. The van der Waals surface area contributed by atoms with E-state index in [0.717, 1.165) is 13.8 Å². The van der Waals surface area contributed by atoms with E-state index in [1.165, 1.54) is 72.6 Å². The van der Waals surface area contributed by atoms with Gasteiger partial charge in [0.1, 0.15) is 31.8 Å². The number of aliphatic carboxylic acids is 2. The molecule has 0 heterocycles. The van der Waals surface area contributed by atoms with Crippen LogP contribution in [0.2, 0.25) is 0 Å². The second-order valence-corrected chi connectivity index (χ2v) is 18.8. The monoisotopic (exact) mass is 854 g/mol. The molecular formula is C48H50O4P2Ru+2. The number of carboxylic acids is 2. The molecule has 0 aliphatic heterocycles. The van der Waals surface area contributed by atoms with E-state index in [2.05, 4.69) is 146 Å². The Bertz CT molecular complexity index is 1920. The molecule has 7 heteroatoms. The average molecular weight is 854 g/mol. The first-order valence-electron chi connectivity index (χ1n) is 19.0. The van der Waals surface area contributed by atoms with E-state index < -0.39 is 27.8 Å². The summed E-state index contributed by atoms with van der Waals surface area (Å²) in [4.78, 5) is 18.0.